The molecule has 182 valence electrons. The van der Waals surface area contributed by atoms with Crippen molar-refractivity contribution in [3.63, 3.8) is 0 Å². The fourth-order valence-corrected chi connectivity index (χ4v) is 4.78. The summed E-state index contributed by atoms with van der Waals surface area (Å²) in [6.07, 6.45) is 2.09. The van der Waals surface area contributed by atoms with Crippen LogP contribution in [0.4, 0.5) is 0 Å². The maximum atomic E-state index is 12.3. The number of nitrogens with zero attached hydrogens (tertiary/aromatic N) is 2. The second-order valence-electron chi connectivity index (χ2n) is 9.12. The first-order valence-electron chi connectivity index (χ1n) is 12.4. The molecular weight excluding hydrogens is 440 g/mol. The highest BCUT2D eigenvalue weighted by molar-refractivity contribution is 6.04. The van der Waals surface area contributed by atoms with Gasteiger partial charge in [0.1, 0.15) is 17.1 Å². The van der Waals surface area contributed by atoms with E-state index in [0.717, 1.165) is 74.4 Å². The van der Waals surface area contributed by atoms with Crippen LogP contribution in [-0.4, -0.2) is 56.2 Å². The van der Waals surface area contributed by atoms with Crippen molar-refractivity contribution in [3.8, 4) is 11.5 Å². The number of hydrogen-bond donors (Lipinski definition) is 0. The summed E-state index contributed by atoms with van der Waals surface area (Å²) in [5, 5.41) is 2.45. The van der Waals surface area contributed by atoms with Crippen molar-refractivity contribution in [1.29, 1.82) is 0 Å². The lowest BCUT2D eigenvalue weighted by molar-refractivity contribution is 0.124. The van der Waals surface area contributed by atoms with Crippen molar-refractivity contribution in [2.75, 3.05) is 46.4 Å². The Morgan fingerprint density at radius 2 is 1.60 bits per heavy atom. The molecule has 0 aliphatic carbocycles. The maximum Gasteiger partial charge on any atom is 0.344 e. The van der Waals surface area contributed by atoms with E-state index in [4.69, 9.17) is 13.9 Å². The number of rotatable bonds is 9. The molecule has 0 amide bonds. The van der Waals surface area contributed by atoms with E-state index in [1.807, 2.05) is 42.5 Å². The molecule has 1 fully saturated rings. The van der Waals surface area contributed by atoms with Crippen molar-refractivity contribution in [2.24, 2.45) is 0 Å². The van der Waals surface area contributed by atoms with Gasteiger partial charge in [-0.15, -0.1) is 0 Å². The maximum absolute atomic E-state index is 12.3. The lowest BCUT2D eigenvalue weighted by atomic mass is 10.1. The summed E-state index contributed by atoms with van der Waals surface area (Å²) in [5.41, 5.74) is 1.56. The molecule has 0 spiro atoms. The molecule has 5 rings (SSSR count). The van der Waals surface area contributed by atoms with Crippen LogP contribution in [0.2, 0.25) is 0 Å². The Kier molecular flexibility index (Phi) is 7.31. The lowest BCUT2D eigenvalue weighted by Gasteiger charge is -2.34. The Morgan fingerprint density at radius 3 is 2.43 bits per heavy atom. The van der Waals surface area contributed by atoms with E-state index >= 15 is 0 Å². The molecule has 0 N–H and O–H groups in total. The average Bonchev–Trinajstić information content (AvgIpc) is 2.89. The van der Waals surface area contributed by atoms with E-state index in [0.29, 0.717) is 17.6 Å². The van der Waals surface area contributed by atoms with Gasteiger partial charge in [0.25, 0.3) is 0 Å². The highest BCUT2D eigenvalue weighted by Crippen LogP contribution is 2.26. The molecule has 35 heavy (non-hydrogen) atoms. The van der Waals surface area contributed by atoms with Crippen molar-refractivity contribution in [1.82, 2.24) is 9.80 Å². The molecule has 1 aromatic heterocycles. The van der Waals surface area contributed by atoms with Gasteiger partial charge in [0.2, 0.25) is 0 Å². The summed E-state index contributed by atoms with van der Waals surface area (Å²) in [4.78, 5) is 17.3. The fourth-order valence-electron chi connectivity index (χ4n) is 4.78. The summed E-state index contributed by atoms with van der Waals surface area (Å²) in [7, 11) is 1.71. The van der Waals surface area contributed by atoms with E-state index in [9.17, 15) is 4.79 Å². The van der Waals surface area contributed by atoms with E-state index in [1.54, 1.807) is 13.2 Å². The minimum Gasteiger partial charge on any atom is -0.497 e. The Hall–Kier alpha value is -3.35. The van der Waals surface area contributed by atoms with Crippen molar-refractivity contribution in [3.05, 3.63) is 82.7 Å². The third-order valence-corrected chi connectivity index (χ3v) is 6.74. The summed E-state index contributed by atoms with van der Waals surface area (Å²) >= 11 is 0. The molecule has 6 nitrogen and oxygen atoms in total. The topological polar surface area (TPSA) is 55.1 Å². The van der Waals surface area contributed by atoms with E-state index < -0.39 is 0 Å². The van der Waals surface area contributed by atoms with Crippen LogP contribution in [0, 0.1) is 0 Å². The normalized spacial score (nSPS) is 15.0. The molecule has 4 aromatic rings. The fraction of sp³-hybridized carbons (Fsp3) is 0.345. The van der Waals surface area contributed by atoms with Crippen LogP contribution in [0.1, 0.15) is 18.4 Å². The monoisotopic (exact) mass is 472 g/mol. The summed E-state index contributed by atoms with van der Waals surface area (Å²) in [5.74, 6) is 1.66. The molecule has 1 aliphatic heterocycles. The van der Waals surface area contributed by atoms with Gasteiger partial charge in [0, 0.05) is 44.2 Å². The molecule has 3 aromatic carbocycles. The summed E-state index contributed by atoms with van der Waals surface area (Å²) in [6.45, 7) is 7.09. The van der Waals surface area contributed by atoms with Crippen LogP contribution >= 0.6 is 0 Å². The van der Waals surface area contributed by atoms with Gasteiger partial charge < -0.3 is 18.8 Å². The summed E-state index contributed by atoms with van der Waals surface area (Å²) < 4.78 is 16.8. The second-order valence-corrected chi connectivity index (χ2v) is 9.12. The molecule has 0 atom stereocenters. The van der Waals surface area contributed by atoms with Gasteiger partial charge >= 0.3 is 5.63 Å². The lowest BCUT2D eigenvalue weighted by Crippen LogP contribution is -2.46. The largest absolute Gasteiger partial charge is 0.497 e. The first kappa shape index (κ1) is 23.4. The summed E-state index contributed by atoms with van der Waals surface area (Å²) in [6, 6.07) is 21.6. The molecule has 0 bridgehead atoms. The average molecular weight is 473 g/mol. The smallest absolute Gasteiger partial charge is 0.344 e. The van der Waals surface area contributed by atoms with E-state index in [-0.39, 0.29) is 5.63 Å². The predicted octanol–water partition coefficient (Wildman–Crippen LogP) is 4.93. The van der Waals surface area contributed by atoms with Gasteiger partial charge in [-0.05, 0) is 60.7 Å². The Morgan fingerprint density at radius 1 is 0.800 bits per heavy atom. The van der Waals surface area contributed by atoms with Gasteiger partial charge in [0.05, 0.1) is 19.1 Å². The Bertz CT molecular complexity index is 1340. The highest BCUT2D eigenvalue weighted by atomic mass is 16.5. The Balaban J connectivity index is 1.05. The van der Waals surface area contributed by atoms with Gasteiger partial charge in [-0.1, -0.05) is 30.3 Å². The highest BCUT2D eigenvalue weighted by Gasteiger charge is 2.16. The van der Waals surface area contributed by atoms with E-state index in [2.05, 4.69) is 28.0 Å². The molecule has 1 saturated heterocycles. The van der Waals surface area contributed by atoms with Crippen molar-refractivity contribution >= 4 is 21.7 Å². The van der Waals surface area contributed by atoms with Crippen LogP contribution in [0.25, 0.3) is 21.7 Å². The molecule has 0 saturated carbocycles. The van der Waals surface area contributed by atoms with Crippen molar-refractivity contribution < 1.29 is 13.9 Å². The number of piperazine rings is 1. The number of methoxy groups -OCH3 is 1. The minimum atomic E-state index is -0.311. The minimum absolute atomic E-state index is 0.311. The van der Waals surface area contributed by atoms with Gasteiger partial charge in [0.15, 0.2) is 0 Å². The molecule has 2 heterocycles. The predicted molar refractivity (Wildman–Crippen MR) is 139 cm³/mol. The number of hydrogen-bond acceptors (Lipinski definition) is 6. The third kappa shape index (κ3) is 5.66. The quantitative estimate of drug-likeness (QED) is 0.196. The van der Waals surface area contributed by atoms with E-state index in [1.165, 1.54) is 5.56 Å². The molecule has 0 unspecified atom stereocenters. The van der Waals surface area contributed by atoms with Gasteiger partial charge in [-0.2, -0.15) is 0 Å². The van der Waals surface area contributed by atoms with Gasteiger partial charge in [-0.3, -0.25) is 4.90 Å². The van der Waals surface area contributed by atoms with Crippen LogP contribution in [-0.2, 0) is 6.54 Å². The zero-order valence-corrected chi connectivity index (χ0v) is 20.2. The number of fused-ring (bicyclic) bond motifs is 3. The SMILES string of the molecule is COc1cccc(CN2CCN(CCCCOc3ccc4c(c3)oc(=O)c3ccccc34)CC2)c1. The zero-order valence-electron chi connectivity index (χ0n) is 20.2. The molecule has 6 heteroatoms. The second kappa shape index (κ2) is 10.9. The molecule has 1 aliphatic rings. The van der Waals surface area contributed by atoms with Crippen molar-refractivity contribution in [2.45, 2.75) is 19.4 Å². The number of benzene rings is 3. The first-order valence-corrected chi connectivity index (χ1v) is 12.4. The first-order chi connectivity index (χ1) is 17.2. The van der Waals surface area contributed by atoms with Crippen LogP contribution < -0.4 is 15.1 Å². The Labute approximate surface area is 205 Å². The van der Waals surface area contributed by atoms with Gasteiger partial charge in [-0.25, -0.2) is 4.79 Å². The van der Waals surface area contributed by atoms with Crippen LogP contribution in [0.3, 0.4) is 0 Å². The molecular formula is C29H32N2O4. The standard InChI is InChI=1S/C29H32N2O4/c1-33-23-8-6-7-22(19-23)21-31-16-14-30(15-17-31)13-4-5-18-34-24-11-12-26-25-9-2-3-10-27(25)29(32)35-28(26)20-24/h2-3,6-12,19-20H,4-5,13-18,21H2,1H3. The van der Waals surface area contributed by atoms with Crippen LogP contribution in [0.5, 0.6) is 11.5 Å². The van der Waals surface area contributed by atoms with Crippen LogP contribution in [0.15, 0.2) is 75.9 Å². The third-order valence-electron chi connectivity index (χ3n) is 6.74. The molecule has 0 radical (unpaired) electrons. The number of ether oxygens (including phenoxy) is 2. The zero-order chi connectivity index (χ0) is 24.0. The number of unbranched alkanes of at least 4 members (excludes halogenated alkanes) is 1.